The van der Waals surface area contributed by atoms with Crippen molar-refractivity contribution in [2.75, 3.05) is 5.43 Å². The normalized spacial score (nSPS) is 10.7. The van der Waals surface area contributed by atoms with Crippen molar-refractivity contribution >= 4 is 17.9 Å². The summed E-state index contributed by atoms with van der Waals surface area (Å²) in [5.41, 5.74) is 3.68. The van der Waals surface area contributed by atoms with Crippen molar-refractivity contribution in [1.29, 1.82) is 0 Å². The summed E-state index contributed by atoms with van der Waals surface area (Å²) < 4.78 is 0. The zero-order valence-corrected chi connectivity index (χ0v) is 12.8. The highest BCUT2D eigenvalue weighted by molar-refractivity contribution is 5.80. The standard InChI is InChI=1S/C16H12N6O3/c23-15-14(12-4-2-1-3-5-12)19-21-16(18-15)20-17-10-11-6-8-13(9-7-11)22(24)25/h1-10H,(H2,18,20,21,23)/b17-10+. The van der Waals surface area contributed by atoms with Gasteiger partial charge in [-0.05, 0) is 17.7 Å². The number of aromatic nitrogens is 3. The predicted molar refractivity (Wildman–Crippen MR) is 92.4 cm³/mol. The van der Waals surface area contributed by atoms with Gasteiger partial charge in [0.05, 0.1) is 11.1 Å². The van der Waals surface area contributed by atoms with E-state index in [1.807, 2.05) is 6.07 Å². The van der Waals surface area contributed by atoms with E-state index in [4.69, 9.17) is 0 Å². The smallest absolute Gasteiger partial charge is 0.279 e. The molecule has 0 aliphatic carbocycles. The van der Waals surface area contributed by atoms with Gasteiger partial charge in [-0.1, -0.05) is 30.3 Å². The number of nitro groups is 1. The van der Waals surface area contributed by atoms with E-state index in [0.717, 1.165) is 0 Å². The van der Waals surface area contributed by atoms with Gasteiger partial charge in [-0.15, -0.1) is 10.2 Å². The fraction of sp³-hybridized carbons (Fsp3) is 0. The number of aromatic amines is 1. The molecule has 0 saturated heterocycles. The lowest BCUT2D eigenvalue weighted by molar-refractivity contribution is -0.384. The van der Waals surface area contributed by atoms with Crippen molar-refractivity contribution in [3.8, 4) is 11.3 Å². The van der Waals surface area contributed by atoms with Gasteiger partial charge < -0.3 is 0 Å². The number of non-ortho nitro benzene ring substituents is 1. The molecule has 0 unspecified atom stereocenters. The van der Waals surface area contributed by atoms with Crippen LogP contribution in [0.5, 0.6) is 0 Å². The maximum Gasteiger partial charge on any atom is 0.279 e. The average Bonchev–Trinajstić information content (AvgIpc) is 2.63. The molecule has 0 radical (unpaired) electrons. The van der Waals surface area contributed by atoms with Crippen molar-refractivity contribution in [3.05, 3.63) is 80.6 Å². The third-order valence-electron chi connectivity index (χ3n) is 3.23. The van der Waals surface area contributed by atoms with Gasteiger partial charge in [0, 0.05) is 17.7 Å². The van der Waals surface area contributed by atoms with E-state index in [9.17, 15) is 14.9 Å². The Kier molecular flexibility index (Phi) is 4.56. The lowest BCUT2D eigenvalue weighted by Crippen LogP contribution is -2.15. The summed E-state index contributed by atoms with van der Waals surface area (Å²) in [7, 11) is 0. The first-order valence-electron chi connectivity index (χ1n) is 7.19. The summed E-state index contributed by atoms with van der Waals surface area (Å²) in [6.07, 6.45) is 1.44. The highest BCUT2D eigenvalue weighted by Crippen LogP contribution is 2.11. The van der Waals surface area contributed by atoms with Crippen molar-refractivity contribution in [2.24, 2.45) is 5.10 Å². The van der Waals surface area contributed by atoms with Crippen LogP contribution in [-0.4, -0.2) is 26.3 Å². The molecule has 1 heterocycles. The second kappa shape index (κ2) is 7.13. The van der Waals surface area contributed by atoms with Gasteiger partial charge in [-0.3, -0.25) is 19.9 Å². The second-order valence-electron chi connectivity index (χ2n) is 4.94. The SMILES string of the molecule is O=c1[nH]c(N/N=C/c2ccc([N+](=O)[O-])cc2)nnc1-c1ccccc1. The Hall–Kier alpha value is -3.88. The number of nitrogens with zero attached hydrogens (tertiary/aromatic N) is 4. The van der Waals surface area contributed by atoms with Crippen LogP contribution in [0.2, 0.25) is 0 Å². The van der Waals surface area contributed by atoms with Crippen LogP contribution in [0.3, 0.4) is 0 Å². The summed E-state index contributed by atoms with van der Waals surface area (Å²) in [6.45, 7) is 0. The van der Waals surface area contributed by atoms with E-state index < -0.39 is 10.5 Å². The van der Waals surface area contributed by atoms with Gasteiger partial charge in [0.25, 0.3) is 11.2 Å². The van der Waals surface area contributed by atoms with Crippen molar-refractivity contribution < 1.29 is 4.92 Å². The van der Waals surface area contributed by atoms with Crippen LogP contribution < -0.4 is 11.0 Å². The molecule has 0 fully saturated rings. The quantitative estimate of drug-likeness (QED) is 0.418. The van der Waals surface area contributed by atoms with Crippen molar-refractivity contribution in [3.63, 3.8) is 0 Å². The summed E-state index contributed by atoms with van der Waals surface area (Å²) in [4.78, 5) is 24.7. The van der Waals surface area contributed by atoms with Crippen molar-refractivity contribution in [2.45, 2.75) is 0 Å². The highest BCUT2D eigenvalue weighted by atomic mass is 16.6. The number of anilines is 1. The minimum atomic E-state index is -0.478. The summed E-state index contributed by atoms with van der Waals surface area (Å²) >= 11 is 0. The Labute approximate surface area is 141 Å². The van der Waals surface area contributed by atoms with Crippen LogP contribution >= 0.6 is 0 Å². The third-order valence-corrected chi connectivity index (χ3v) is 3.23. The zero-order chi connectivity index (χ0) is 17.6. The largest absolute Gasteiger partial charge is 0.288 e. The molecule has 3 aromatic rings. The topological polar surface area (TPSA) is 126 Å². The molecular weight excluding hydrogens is 324 g/mol. The van der Waals surface area contributed by atoms with Crippen LogP contribution in [0.25, 0.3) is 11.3 Å². The maximum atomic E-state index is 12.1. The maximum absolute atomic E-state index is 12.1. The fourth-order valence-corrected chi connectivity index (χ4v) is 2.02. The summed E-state index contributed by atoms with van der Waals surface area (Å²) in [5, 5.41) is 22.3. The van der Waals surface area contributed by atoms with Gasteiger partial charge in [-0.25, -0.2) is 5.43 Å². The number of rotatable bonds is 5. The number of hydrogen-bond acceptors (Lipinski definition) is 7. The molecule has 0 aliphatic rings. The molecule has 1 aromatic heterocycles. The molecule has 2 aromatic carbocycles. The number of nitrogens with one attached hydrogen (secondary N) is 2. The Balaban J connectivity index is 1.70. The molecule has 0 spiro atoms. The van der Waals surface area contributed by atoms with Gasteiger partial charge in [0.1, 0.15) is 0 Å². The molecule has 0 bridgehead atoms. The number of nitro benzene ring substituents is 1. The molecule has 9 nitrogen and oxygen atoms in total. The lowest BCUT2D eigenvalue weighted by Gasteiger charge is -2.01. The number of H-pyrrole nitrogens is 1. The van der Waals surface area contributed by atoms with E-state index in [1.165, 1.54) is 18.3 Å². The molecule has 9 heteroatoms. The van der Waals surface area contributed by atoms with Gasteiger partial charge >= 0.3 is 0 Å². The molecule has 25 heavy (non-hydrogen) atoms. The third kappa shape index (κ3) is 3.91. The number of benzene rings is 2. The Morgan fingerprint density at radius 2 is 1.80 bits per heavy atom. The summed E-state index contributed by atoms with van der Waals surface area (Å²) in [6, 6.07) is 14.8. The van der Waals surface area contributed by atoms with E-state index in [0.29, 0.717) is 11.1 Å². The van der Waals surface area contributed by atoms with Crippen LogP contribution in [0, 0.1) is 10.1 Å². The Morgan fingerprint density at radius 1 is 1.08 bits per heavy atom. The lowest BCUT2D eigenvalue weighted by atomic mass is 10.2. The minimum Gasteiger partial charge on any atom is -0.288 e. The Bertz CT molecular complexity index is 967. The van der Waals surface area contributed by atoms with Crippen LogP contribution in [0.4, 0.5) is 11.6 Å². The first-order chi connectivity index (χ1) is 12.1. The van der Waals surface area contributed by atoms with Crippen molar-refractivity contribution in [1.82, 2.24) is 15.2 Å². The van der Waals surface area contributed by atoms with Gasteiger partial charge in [-0.2, -0.15) is 5.10 Å². The van der Waals surface area contributed by atoms with E-state index in [-0.39, 0.29) is 17.3 Å². The molecular formula is C16H12N6O3. The molecule has 124 valence electrons. The second-order valence-corrected chi connectivity index (χ2v) is 4.94. The molecule has 0 amide bonds. The van der Waals surface area contributed by atoms with Crippen LogP contribution in [0.15, 0.2) is 64.5 Å². The van der Waals surface area contributed by atoms with Gasteiger partial charge in [0.2, 0.25) is 5.95 Å². The van der Waals surface area contributed by atoms with Crippen LogP contribution in [0.1, 0.15) is 5.56 Å². The average molecular weight is 336 g/mol. The monoisotopic (exact) mass is 336 g/mol. The molecule has 0 saturated carbocycles. The minimum absolute atomic E-state index is 0.00296. The molecule has 2 N–H and O–H groups in total. The number of hydrogen-bond donors (Lipinski definition) is 2. The highest BCUT2D eigenvalue weighted by Gasteiger charge is 2.06. The molecule has 0 atom stereocenters. The Morgan fingerprint density at radius 3 is 2.44 bits per heavy atom. The van der Waals surface area contributed by atoms with Gasteiger partial charge in [0.15, 0.2) is 5.69 Å². The molecule has 0 aliphatic heterocycles. The first-order valence-corrected chi connectivity index (χ1v) is 7.19. The number of hydrazone groups is 1. The first kappa shape index (κ1) is 16.0. The van der Waals surface area contributed by atoms with Crippen LogP contribution in [-0.2, 0) is 0 Å². The van der Waals surface area contributed by atoms with E-state index in [2.05, 4.69) is 25.7 Å². The predicted octanol–water partition coefficient (Wildman–Crippen LogP) is 2.19. The summed E-state index contributed by atoms with van der Waals surface area (Å²) in [5.74, 6) is 0.0860. The van der Waals surface area contributed by atoms with E-state index in [1.54, 1.807) is 36.4 Å². The zero-order valence-electron chi connectivity index (χ0n) is 12.8. The fourth-order valence-electron chi connectivity index (χ4n) is 2.02. The van der Waals surface area contributed by atoms with E-state index >= 15 is 0 Å². The molecule has 3 rings (SSSR count).